The second kappa shape index (κ2) is 14.0. The lowest BCUT2D eigenvalue weighted by Gasteiger charge is -2.36. The van der Waals surface area contributed by atoms with Crippen molar-refractivity contribution in [1.82, 2.24) is 19.3 Å². The molecule has 0 aliphatic carbocycles. The number of para-hydroxylation sites is 1. The molecule has 8 heteroatoms. The molecule has 3 aromatic carbocycles. The van der Waals surface area contributed by atoms with Crippen LogP contribution in [0.3, 0.4) is 0 Å². The predicted octanol–water partition coefficient (Wildman–Crippen LogP) is 4.83. The van der Waals surface area contributed by atoms with Crippen molar-refractivity contribution in [2.75, 3.05) is 40.8 Å². The maximum atomic E-state index is 14.6. The third kappa shape index (κ3) is 6.69. The second-order valence-electron chi connectivity index (χ2n) is 12.7. The van der Waals surface area contributed by atoms with Crippen molar-refractivity contribution in [3.05, 3.63) is 95.7 Å². The molecule has 1 aliphatic rings. The SMILES string of the molecule is C[C@H](CO)N1C[C@H](C)[C@@H](CN(C)C(=O)[C@H](Cc2ccccc2)N(C)C)OCc2ccccc2-c2c(n(C)c3ccccc23)C1=O. The van der Waals surface area contributed by atoms with Gasteiger partial charge in [0.25, 0.3) is 5.91 Å². The van der Waals surface area contributed by atoms with Crippen molar-refractivity contribution < 1.29 is 19.4 Å². The number of carbonyl (C=O) groups is 2. The van der Waals surface area contributed by atoms with Gasteiger partial charge in [-0.05, 0) is 50.2 Å². The maximum absolute atomic E-state index is 14.6. The van der Waals surface area contributed by atoms with Crippen molar-refractivity contribution in [3.63, 3.8) is 0 Å². The molecular weight excluding hydrogens is 564 g/mol. The summed E-state index contributed by atoms with van der Waals surface area (Å²) in [6.45, 7) is 4.84. The Morgan fingerprint density at radius 1 is 1.00 bits per heavy atom. The Balaban J connectivity index is 1.52. The first kappa shape index (κ1) is 32.4. The molecule has 0 spiro atoms. The number of ether oxygens (including phenoxy) is 1. The fraction of sp³-hybridized carbons (Fsp3) is 0.405. The van der Waals surface area contributed by atoms with E-state index in [1.54, 1.807) is 9.80 Å². The number of carbonyl (C=O) groups excluding carboxylic acids is 2. The minimum atomic E-state index is -0.411. The zero-order valence-corrected chi connectivity index (χ0v) is 27.3. The highest BCUT2D eigenvalue weighted by molar-refractivity contribution is 6.10. The van der Waals surface area contributed by atoms with E-state index in [1.807, 2.05) is 111 Å². The van der Waals surface area contributed by atoms with Crippen molar-refractivity contribution in [1.29, 1.82) is 0 Å². The smallest absolute Gasteiger partial charge is 0.271 e. The molecule has 2 amide bonds. The molecule has 4 atom stereocenters. The fourth-order valence-electron chi connectivity index (χ4n) is 6.47. The number of benzene rings is 3. The number of hydrogen-bond acceptors (Lipinski definition) is 5. The van der Waals surface area contributed by atoms with Gasteiger partial charge in [0.1, 0.15) is 5.69 Å². The van der Waals surface area contributed by atoms with Crippen LogP contribution < -0.4 is 0 Å². The summed E-state index contributed by atoms with van der Waals surface area (Å²) < 4.78 is 8.68. The summed E-state index contributed by atoms with van der Waals surface area (Å²) in [6.07, 6.45) is 0.249. The topological polar surface area (TPSA) is 78.2 Å². The van der Waals surface area contributed by atoms with E-state index >= 15 is 0 Å². The lowest BCUT2D eigenvalue weighted by atomic mass is 9.96. The number of aromatic nitrogens is 1. The van der Waals surface area contributed by atoms with Gasteiger partial charge in [0.05, 0.1) is 31.4 Å². The standard InChI is InChI=1S/C37H46N4O4/c1-25-21-41(26(2)23-42)37(44)35-34(30-18-12-13-19-31(30)40(35)6)29-17-11-10-16-28(29)24-45-33(25)22-39(5)36(43)32(38(3)4)20-27-14-8-7-9-15-27/h7-19,25-26,32-33,42H,20-24H2,1-6H3/t25-,26+,32-,33+/m0/s1. The van der Waals surface area contributed by atoms with Gasteiger partial charge in [0, 0.05) is 49.6 Å². The van der Waals surface area contributed by atoms with Crippen LogP contribution in [0.4, 0.5) is 0 Å². The molecule has 0 radical (unpaired) electrons. The maximum Gasteiger partial charge on any atom is 0.271 e. The average molecular weight is 611 g/mol. The van der Waals surface area contributed by atoms with E-state index in [2.05, 4.69) is 19.1 Å². The first-order valence-electron chi connectivity index (χ1n) is 15.8. The molecular formula is C37H46N4O4. The van der Waals surface area contributed by atoms with E-state index in [0.29, 0.717) is 31.8 Å². The van der Waals surface area contributed by atoms with E-state index in [-0.39, 0.29) is 36.5 Å². The summed E-state index contributed by atoms with van der Waals surface area (Å²) in [6, 6.07) is 25.5. The van der Waals surface area contributed by atoms with Crippen LogP contribution in [-0.4, -0.2) is 95.2 Å². The number of hydrogen-bond donors (Lipinski definition) is 1. The van der Waals surface area contributed by atoms with Crippen LogP contribution >= 0.6 is 0 Å². The third-order valence-electron chi connectivity index (χ3n) is 9.24. The summed E-state index contributed by atoms with van der Waals surface area (Å²) >= 11 is 0. The van der Waals surface area contributed by atoms with Crippen LogP contribution in [0.15, 0.2) is 78.9 Å². The molecule has 0 fully saturated rings. The summed E-state index contributed by atoms with van der Waals surface area (Å²) in [4.78, 5) is 34.0. The molecule has 1 aromatic heterocycles. The average Bonchev–Trinajstić information content (AvgIpc) is 3.34. The molecule has 45 heavy (non-hydrogen) atoms. The third-order valence-corrected chi connectivity index (χ3v) is 9.24. The Hall–Kier alpha value is -3.98. The Kier molecular flexibility index (Phi) is 10.1. The highest BCUT2D eigenvalue weighted by atomic mass is 16.5. The first-order chi connectivity index (χ1) is 21.6. The van der Waals surface area contributed by atoms with Gasteiger partial charge < -0.3 is 24.2 Å². The van der Waals surface area contributed by atoms with Gasteiger partial charge in [-0.15, -0.1) is 0 Å². The van der Waals surface area contributed by atoms with Gasteiger partial charge in [0.2, 0.25) is 5.91 Å². The number of nitrogens with zero attached hydrogens (tertiary/aromatic N) is 4. The van der Waals surface area contributed by atoms with Crippen molar-refractivity contribution >= 4 is 22.7 Å². The van der Waals surface area contributed by atoms with E-state index in [9.17, 15) is 14.7 Å². The van der Waals surface area contributed by atoms with Gasteiger partial charge in [-0.1, -0.05) is 79.7 Å². The second-order valence-corrected chi connectivity index (χ2v) is 12.7. The van der Waals surface area contributed by atoms with Gasteiger partial charge in [-0.3, -0.25) is 14.5 Å². The quantitative estimate of drug-likeness (QED) is 0.309. The molecule has 4 aromatic rings. The van der Waals surface area contributed by atoms with Crippen LogP contribution in [0.5, 0.6) is 0 Å². The zero-order valence-electron chi connectivity index (χ0n) is 27.3. The lowest BCUT2D eigenvalue weighted by Crippen LogP contribution is -2.50. The van der Waals surface area contributed by atoms with Gasteiger partial charge in [-0.25, -0.2) is 0 Å². The fourth-order valence-corrected chi connectivity index (χ4v) is 6.47. The number of likely N-dealkylation sites (N-methyl/N-ethyl adjacent to an activating group) is 2. The Morgan fingerprint density at radius 3 is 2.38 bits per heavy atom. The molecule has 0 bridgehead atoms. The van der Waals surface area contributed by atoms with Crippen LogP contribution in [0, 0.1) is 5.92 Å². The van der Waals surface area contributed by atoms with E-state index in [4.69, 9.17) is 4.74 Å². The Labute approximate surface area is 266 Å². The van der Waals surface area contributed by atoms with Crippen LogP contribution in [-0.2, 0) is 29.6 Å². The van der Waals surface area contributed by atoms with E-state index in [1.165, 1.54) is 0 Å². The molecule has 0 saturated carbocycles. The van der Waals surface area contributed by atoms with Crippen LogP contribution in [0.2, 0.25) is 0 Å². The van der Waals surface area contributed by atoms with E-state index in [0.717, 1.165) is 33.2 Å². The summed E-state index contributed by atoms with van der Waals surface area (Å²) in [5.41, 5.74) is 5.47. The monoisotopic (exact) mass is 610 g/mol. The largest absolute Gasteiger partial charge is 0.394 e. The van der Waals surface area contributed by atoms with E-state index < -0.39 is 6.04 Å². The van der Waals surface area contributed by atoms with Crippen molar-refractivity contribution in [3.8, 4) is 11.1 Å². The molecule has 0 unspecified atom stereocenters. The van der Waals surface area contributed by atoms with Gasteiger partial charge >= 0.3 is 0 Å². The Morgan fingerprint density at radius 2 is 1.67 bits per heavy atom. The molecule has 1 aliphatic heterocycles. The molecule has 0 saturated heterocycles. The predicted molar refractivity (Wildman–Crippen MR) is 179 cm³/mol. The zero-order chi connectivity index (χ0) is 32.2. The molecule has 238 valence electrons. The number of rotatable bonds is 8. The normalized spacial score (nSPS) is 18.7. The summed E-state index contributed by atoms with van der Waals surface area (Å²) in [5, 5.41) is 11.3. The van der Waals surface area contributed by atoms with Gasteiger partial charge in [-0.2, -0.15) is 0 Å². The Bertz CT molecular complexity index is 1630. The highest BCUT2D eigenvalue weighted by Crippen LogP contribution is 2.38. The minimum absolute atomic E-state index is 0.0184. The minimum Gasteiger partial charge on any atom is -0.394 e. The number of aryl methyl sites for hydroxylation is 1. The first-order valence-corrected chi connectivity index (χ1v) is 15.8. The molecule has 1 N–H and O–H groups in total. The number of fused-ring (bicyclic) bond motifs is 5. The molecule has 2 heterocycles. The number of aliphatic hydroxyl groups excluding tert-OH is 1. The number of aliphatic hydroxyl groups is 1. The van der Waals surface area contributed by atoms with Crippen molar-refractivity contribution in [2.45, 2.75) is 45.1 Å². The van der Waals surface area contributed by atoms with Gasteiger partial charge in [0.15, 0.2) is 0 Å². The lowest BCUT2D eigenvalue weighted by molar-refractivity contribution is -0.137. The highest BCUT2D eigenvalue weighted by Gasteiger charge is 2.34. The van der Waals surface area contributed by atoms with Crippen LogP contribution in [0.1, 0.15) is 35.5 Å². The van der Waals surface area contributed by atoms with Crippen LogP contribution in [0.25, 0.3) is 22.0 Å². The summed E-state index contributed by atoms with van der Waals surface area (Å²) in [5.74, 6) is -0.244. The molecule has 5 rings (SSSR count). The molecule has 8 nitrogen and oxygen atoms in total. The van der Waals surface area contributed by atoms with Crippen molar-refractivity contribution in [2.24, 2.45) is 13.0 Å². The number of amides is 2. The summed E-state index contributed by atoms with van der Waals surface area (Å²) in [7, 11) is 7.64.